The predicted octanol–water partition coefficient (Wildman–Crippen LogP) is 5.48. The van der Waals surface area contributed by atoms with Gasteiger partial charge in [-0.1, -0.05) is 35.7 Å². The molecule has 0 radical (unpaired) electrons. The van der Waals surface area contributed by atoms with E-state index in [1.807, 2.05) is 44.4 Å². The molecule has 6 nitrogen and oxygen atoms in total. The Hall–Kier alpha value is -3.34. The van der Waals surface area contributed by atoms with Crippen molar-refractivity contribution in [2.24, 2.45) is 0 Å². The quantitative estimate of drug-likeness (QED) is 0.402. The molecular formula is C23H18ClN5OS. The third-order valence-electron chi connectivity index (χ3n) is 5.06. The highest BCUT2D eigenvalue weighted by atomic mass is 35.5. The molecule has 2 aromatic heterocycles. The van der Waals surface area contributed by atoms with Gasteiger partial charge in [0.15, 0.2) is 11.2 Å². The van der Waals surface area contributed by atoms with Gasteiger partial charge in [-0.05, 0) is 43.2 Å². The summed E-state index contributed by atoms with van der Waals surface area (Å²) in [7, 11) is 0. The van der Waals surface area contributed by atoms with Gasteiger partial charge in [-0.2, -0.15) is 5.26 Å². The number of fused-ring (bicyclic) bond motifs is 1. The molecule has 0 aliphatic heterocycles. The molecule has 0 saturated heterocycles. The van der Waals surface area contributed by atoms with Crippen LogP contribution in [0, 0.1) is 25.2 Å². The highest BCUT2D eigenvalue weighted by Gasteiger charge is 2.19. The maximum absolute atomic E-state index is 12.4. The van der Waals surface area contributed by atoms with Gasteiger partial charge in [-0.25, -0.2) is 9.97 Å². The van der Waals surface area contributed by atoms with Crippen LogP contribution < -0.4 is 10.2 Å². The molecular weight excluding hydrogens is 430 g/mol. The number of nitrogens with zero attached hydrogens (tertiary/aromatic N) is 3. The Labute approximate surface area is 188 Å². The van der Waals surface area contributed by atoms with Crippen molar-refractivity contribution in [1.29, 1.82) is 5.26 Å². The minimum Gasteiger partial charge on any atom is -0.345 e. The number of H-pyrrole nitrogens is 1. The Kier molecular flexibility index (Phi) is 5.68. The van der Waals surface area contributed by atoms with E-state index in [1.54, 1.807) is 12.3 Å². The Bertz CT molecular complexity index is 1400. The lowest BCUT2D eigenvalue weighted by Crippen LogP contribution is -2.07. The zero-order chi connectivity index (χ0) is 22.1. The molecule has 0 amide bonds. The summed E-state index contributed by atoms with van der Waals surface area (Å²) >= 11 is 8.01. The number of hydrogen-bond acceptors (Lipinski definition) is 6. The topological polar surface area (TPSA) is 94.5 Å². The molecule has 154 valence electrons. The van der Waals surface area contributed by atoms with E-state index in [0.717, 1.165) is 27.9 Å². The smallest absolute Gasteiger partial charge is 0.209 e. The number of benzene rings is 2. The summed E-state index contributed by atoms with van der Waals surface area (Å²) in [5, 5.41) is 10.0. The number of aromatic nitrogens is 3. The van der Waals surface area contributed by atoms with E-state index >= 15 is 0 Å². The number of halogens is 1. The molecule has 8 heteroatoms. The van der Waals surface area contributed by atoms with Crippen LogP contribution in [0.1, 0.15) is 16.7 Å². The summed E-state index contributed by atoms with van der Waals surface area (Å²) in [6.07, 6.45) is 3.47. The van der Waals surface area contributed by atoms with E-state index in [0.29, 0.717) is 27.6 Å². The molecule has 4 rings (SSSR count). The van der Waals surface area contributed by atoms with Crippen molar-refractivity contribution >= 4 is 40.4 Å². The average molecular weight is 448 g/mol. The Morgan fingerprint density at radius 3 is 2.68 bits per heavy atom. The highest BCUT2D eigenvalue weighted by Crippen LogP contribution is 2.37. The number of aryl methyl sites for hydroxylation is 1. The van der Waals surface area contributed by atoms with Crippen LogP contribution in [0.25, 0.3) is 33.7 Å². The zero-order valence-corrected chi connectivity index (χ0v) is 18.6. The minimum atomic E-state index is -0.222. The summed E-state index contributed by atoms with van der Waals surface area (Å²) in [4.78, 5) is 24.9. The number of anilines is 1. The van der Waals surface area contributed by atoms with Gasteiger partial charge in [0.25, 0.3) is 0 Å². The minimum absolute atomic E-state index is 0.222. The van der Waals surface area contributed by atoms with Crippen LogP contribution in [0.5, 0.6) is 0 Å². The van der Waals surface area contributed by atoms with Crippen LogP contribution in [0.4, 0.5) is 5.69 Å². The molecule has 0 spiro atoms. The first kappa shape index (κ1) is 20.9. The van der Waals surface area contributed by atoms with Crippen molar-refractivity contribution in [2.45, 2.75) is 13.8 Å². The lowest BCUT2D eigenvalue weighted by Gasteiger charge is -2.15. The van der Waals surface area contributed by atoms with E-state index < -0.39 is 0 Å². The van der Waals surface area contributed by atoms with Crippen molar-refractivity contribution < 1.29 is 0 Å². The summed E-state index contributed by atoms with van der Waals surface area (Å²) in [6.45, 7) is 3.83. The van der Waals surface area contributed by atoms with Gasteiger partial charge >= 0.3 is 0 Å². The maximum atomic E-state index is 12.4. The fourth-order valence-corrected chi connectivity index (χ4v) is 4.34. The van der Waals surface area contributed by atoms with Crippen LogP contribution in [-0.2, 0) is 0 Å². The van der Waals surface area contributed by atoms with Crippen LogP contribution in [0.15, 0.2) is 47.4 Å². The maximum Gasteiger partial charge on any atom is 0.209 e. The molecule has 4 aromatic rings. The molecule has 2 heterocycles. The van der Waals surface area contributed by atoms with Gasteiger partial charge in [0.2, 0.25) is 5.43 Å². The monoisotopic (exact) mass is 447 g/mol. The van der Waals surface area contributed by atoms with Gasteiger partial charge in [0, 0.05) is 29.6 Å². The number of pyridine rings is 1. The van der Waals surface area contributed by atoms with E-state index in [2.05, 4.69) is 15.8 Å². The average Bonchev–Trinajstić information content (AvgIpc) is 2.76. The summed E-state index contributed by atoms with van der Waals surface area (Å²) < 4.78 is 3.19. The van der Waals surface area contributed by atoms with Gasteiger partial charge in [-0.15, -0.1) is 0 Å². The van der Waals surface area contributed by atoms with E-state index in [9.17, 15) is 10.1 Å². The Morgan fingerprint density at radius 2 is 1.97 bits per heavy atom. The van der Waals surface area contributed by atoms with Crippen LogP contribution in [-0.4, -0.2) is 21.2 Å². The van der Waals surface area contributed by atoms with Gasteiger partial charge in [0.05, 0.1) is 33.7 Å². The highest BCUT2D eigenvalue weighted by molar-refractivity contribution is 7.99. The molecule has 0 atom stereocenters. The van der Waals surface area contributed by atoms with E-state index in [4.69, 9.17) is 21.6 Å². The molecule has 0 fully saturated rings. The SMILES string of the molecule is CSNc1c(C)cc(-c2nc3c(=O)cc[nH]c3nc2-c2cccc(C#N)c2C)cc1Cl. The number of hydrogen-bond donors (Lipinski definition) is 2. The van der Waals surface area contributed by atoms with Crippen LogP contribution in [0.3, 0.4) is 0 Å². The van der Waals surface area contributed by atoms with E-state index in [1.165, 1.54) is 18.0 Å². The third kappa shape index (κ3) is 3.76. The largest absolute Gasteiger partial charge is 0.345 e. The first-order chi connectivity index (χ1) is 14.9. The number of aromatic amines is 1. The number of nitriles is 1. The predicted molar refractivity (Wildman–Crippen MR) is 127 cm³/mol. The molecule has 2 N–H and O–H groups in total. The fraction of sp³-hybridized carbons (Fsp3) is 0.130. The Morgan fingerprint density at radius 1 is 1.16 bits per heavy atom. The molecule has 2 aromatic carbocycles. The molecule has 0 unspecified atom stereocenters. The summed E-state index contributed by atoms with van der Waals surface area (Å²) in [6, 6.07) is 12.9. The third-order valence-corrected chi connectivity index (χ3v) is 5.76. The van der Waals surface area contributed by atoms with Crippen molar-refractivity contribution in [2.75, 3.05) is 11.0 Å². The second kappa shape index (κ2) is 8.42. The second-order valence-corrected chi connectivity index (χ2v) is 8.03. The molecule has 0 aliphatic carbocycles. The lowest BCUT2D eigenvalue weighted by atomic mass is 9.96. The Balaban J connectivity index is 2.08. The van der Waals surface area contributed by atoms with E-state index in [-0.39, 0.29) is 10.9 Å². The molecule has 0 aliphatic rings. The van der Waals surface area contributed by atoms with Crippen molar-refractivity contribution in [3.05, 3.63) is 74.5 Å². The zero-order valence-electron chi connectivity index (χ0n) is 17.1. The summed E-state index contributed by atoms with van der Waals surface area (Å²) in [5.74, 6) is 0. The first-order valence-electron chi connectivity index (χ1n) is 9.43. The number of rotatable bonds is 4. The van der Waals surface area contributed by atoms with Crippen molar-refractivity contribution in [3.8, 4) is 28.6 Å². The standard InChI is InChI=1S/C23H18ClN5OS/c1-12-9-15(10-17(24)19(12)29-31-3)20-21(16-6-4-5-14(11-25)13(16)2)28-23-22(27-20)18(30)7-8-26-23/h4-10,29H,1-3H3,(H,26,28,30). The van der Waals surface area contributed by atoms with Gasteiger partial charge in [0.1, 0.15) is 0 Å². The van der Waals surface area contributed by atoms with Crippen molar-refractivity contribution in [1.82, 2.24) is 15.0 Å². The van der Waals surface area contributed by atoms with Crippen LogP contribution in [0.2, 0.25) is 5.02 Å². The number of nitrogens with one attached hydrogen (secondary N) is 2. The normalized spacial score (nSPS) is 10.8. The first-order valence-corrected chi connectivity index (χ1v) is 11.0. The molecule has 0 bridgehead atoms. The second-order valence-electron chi connectivity index (χ2n) is 7.01. The van der Waals surface area contributed by atoms with Gasteiger partial charge in [-0.3, -0.25) is 4.79 Å². The molecule has 0 saturated carbocycles. The fourth-order valence-electron chi connectivity index (χ4n) is 3.50. The molecule has 31 heavy (non-hydrogen) atoms. The van der Waals surface area contributed by atoms with Crippen LogP contribution >= 0.6 is 23.5 Å². The summed E-state index contributed by atoms with van der Waals surface area (Å²) in [5.41, 5.74) is 6.14. The van der Waals surface area contributed by atoms with Gasteiger partial charge < -0.3 is 9.71 Å². The lowest BCUT2D eigenvalue weighted by molar-refractivity contribution is 1.21. The van der Waals surface area contributed by atoms with Crippen molar-refractivity contribution in [3.63, 3.8) is 0 Å².